The minimum atomic E-state index is -0.693. The van der Waals surface area contributed by atoms with Crippen molar-refractivity contribution in [1.82, 2.24) is 15.5 Å². The molecular formula is C25H20F2N4OS2. The van der Waals surface area contributed by atoms with Gasteiger partial charge in [-0.05, 0) is 73.3 Å². The van der Waals surface area contributed by atoms with E-state index in [9.17, 15) is 8.78 Å². The van der Waals surface area contributed by atoms with E-state index in [4.69, 9.17) is 16.7 Å². The molecule has 2 aromatic carbocycles. The van der Waals surface area contributed by atoms with E-state index in [0.29, 0.717) is 28.1 Å². The summed E-state index contributed by atoms with van der Waals surface area (Å²) in [5.41, 5.74) is 4.83. The first-order valence-electron chi connectivity index (χ1n) is 10.5. The second-order valence-corrected chi connectivity index (χ2v) is 9.42. The fourth-order valence-electron chi connectivity index (χ4n) is 4.03. The number of nitrogens with zero attached hydrogens (tertiary/aromatic N) is 3. The van der Waals surface area contributed by atoms with E-state index in [1.165, 1.54) is 29.0 Å². The van der Waals surface area contributed by atoms with Crippen molar-refractivity contribution < 1.29 is 13.3 Å². The van der Waals surface area contributed by atoms with Crippen molar-refractivity contribution >= 4 is 39.9 Å². The normalized spacial score (nSPS) is 16.2. The summed E-state index contributed by atoms with van der Waals surface area (Å²) in [5.74, 6) is -0.607. The van der Waals surface area contributed by atoms with Crippen LogP contribution < -0.4 is 10.2 Å². The van der Waals surface area contributed by atoms with Crippen LogP contribution in [0.1, 0.15) is 35.5 Å². The highest BCUT2D eigenvalue weighted by Gasteiger charge is 2.35. The minimum Gasteiger partial charge on any atom is -0.351 e. The third-order valence-corrected chi connectivity index (χ3v) is 7.02. The number of thiophene rings is 1. The van der Waals surface area contributed by atoms with Gasteiger partial charge in [-0.2, -0.15) is 4.98 Å². The van der Waals surface area contributed by atoms with Crippen LogP contribution in [0.4, 0.5) is 14.5 Å². The molecule has 4 aromatic rings. The van der Waals surface area contributed by atoms with Crippen molar-refractivity contribution in [2.75, 3.05) is 4.90 Å². The molecule has 2 aromatic heterocycles. The molecule has 0 aliphatic carbocycles. The minimum absolute atomic E-state index is 0.265. The molecule has 1 atom stereocenters. The molecule has 0 radical (unpaired) electrons. The summed E-state index contributed by atoms with van der Waals surface area (Å²) in [5, 5.41) is 9.73. The zero-order chi connectivity index (χ0) is 24.0. The van der Waals surface area contributed by atoms with Gasteiger partial charge in [0.1, 0.15) is 11.6 Å². The number of aromatic nitrogens is 2. The smallest absolute Gasteiger partial charge is 0.258 e. The first kappa shape index (κ1) is 22.4. The van der Waals surface area contributed by atoms with E-state index in [1.807, 2.05) is 50.4 Å². The molecular weight excluding hydrogens is 474 g/mol. The van der Waals surface area contributed by atoms with Gasteiger partial charge in [0, 0.05) is 11.8 Å². The molecule has 9 heteroatoms. The molecule has 5 rings (SSSR count). The molecule has 34 heavy (non-hydrogen) atoms. The molecule has 1 aliphatic rings. The number of halogens is 2. The van der Waals surface area contributed by atoms with Gasteiger partial charge in [0.05, 0.1) is 22.2 Å². The Morgan fingerprint density at radius 1 is 1.03 bits per heavy atom. The molecule has 0 spiro atoms. The first-order chi connectivity index (χ1) is 16.3. The number of nitrogens with one attached hydrogen (secondary N) is 1. The number of benzene rings is 2. The monoisotopic (exact) mass is 494 g/mol. The summed E-state index contributed by atoms with van der Waals surface area (Å²) in [6.45, 7) is 5.92. The molecule has 5 nitrogen and oxygen atoms in total. The van der Waals surface area contributed by atoms with Crippen LogP contribution in [0.2, 0.25) is 0 Å². The van der Waals surface area contributed by atoms with E-state index in [-0.39, 0.29) is 5.69 Å². The molecule has 1 aliphatic heterocycles. The molecule has 172 valence electrons. The van der Waals surface area contributed by atoms with Gasteiger partial charge in [-0.25, -0.2) is 8.78 Å². The lowest BCUT2D eigenvalue weighted by atomic mass is 9.92. The molecule has 0 bridgehead atoms. The Balaban J connectivity index is 1.69. The summed E-state index contributed by atoms with van der Waals surface area (Å²) in [6.07, 6.45) is 0. The van der Waals surface area contributed by atoms with Crippen molar-refractivity contribution in [2.24, 2.45) is 0 Å². The predicted molar refractivity (Wildman–Crippen MR) is 133 cm³/mol. The molecule has 0 fully saturated rings. The van der Waals surface area contributed by atoms with Gasteiger partial charge < -0.3 is 9.84 Å². The topological polar surface area (TPSA) is 54.2 Å². The highest BCUT2D eigenvalue weighted by molar-refractivity contribution is 7.80. The standard InChI is InChI=1S/C25H20F2N4OS2/c1-13-6-7-16(9-14(13)2)22-21(24-29-23(30-32-24)20-5-4-8-34-20)15(3)31(25(33)28-22)19-11-17(26)10-18(27)12-19/h4-12,22H,1-3H3,(H,28,33). The highest BCUT2D eigenvalue weighted by Crippen LogP contribution is 2.40. The maximum Gasteiger partial charge on any atom is 0.258 e. The summed E-state index contributed by atoms with van der Waals surface area (Å²) in [4.78, 5) is 7.11. The van der Waals surface area contributed by atoms with Crippen LogP contribution in [-0.4, -0.2) is 15.3 Å². The molecule has 1 unspecified atom stereocenters. The number of rotatable bonds is 4. The number of anilines is 1. The molecule has 1 N–H and O–H groups in total. The van der Waals surface area contributed by atoms with E-state index in [0.717, 1.165) is 22.1 Å². The fourth-order valence-corrected chi connectivity index (χ4v) is 5.04. The second-order valence-electron chi connectivity index (χ2n) is 8.09. The zero-order valence-corrected chi connectivity index (χ0v) is 20.2. The van der Waals surface area contributed by atoms with Crippen molar-refractivity contribution in [3.63, 3.8) is 0 Å². The maximum atomic E-state index is 14.1. The second kappa shape index (κ2) is 8.73. The lowest BCUT2D eigenvalue weighted by Gasteiger charge is -2.37. The number of thiocarbonyl (C=S) groups is 1. The fraction of sp³-hybridized carbons (Fsp3) is 0.160. The van der Waals surface area contributed by atoms with E-state index < -0.39 is 17.7 Å². The van der Waals surface area contributed by atoms with Crippen molar-refractivity contribution in [1.29, 1.82) is 0 Å². The average Bonchev–Trinajstić information content (AvgIpc) is 3.46. The van der Waals surface area contributed by atoms with Crippen LogP contribution in [0.25, 0.3) is 16.3 Å². The van der Waals surface area contributed by atoms with Crippen LogP contribution in [0.15, 0.2) is 64.1 Å². The Labute approximate surface area is 204 Å². The molecule has 0 amide bonds. The molecule has 0 saturated carbocycles. The number of hydrogen-bond donors (Lipinski definition) is 1. The van der Waals surface area contributed by atoms with E-state index in [2.05, 4.69) is 21.5 Å². The van der Waals surface area contributed by atoms with Crippen LogP contribution in [0, 0.1) is 25.5 Å². The first-order valence-corrected chi connectivity index (χ1v) is 11.8. The van der Waals surface area contributed by atoms with Gasteiger partial charge in [0.25, 0.3) is 5.89 Å². The lowest BCUT2D eigenvalue weighted by molar-refractivity contribution is 0.404. The quantitative estimate of drug-likeness (QED) is 0.324. The van der Waals surface area contributed by atoms with Gasteiger partial charge >= 0.3 is 0 Å². The number of aryl methyl sites for hydroxylation is 2. The summed E-state index contributed by atoms with van der Waals surface area (Å²) in [6, 6.07) is 12.9. The predicted octanol–water partition coefficient (Wildman–Crippen LogP) is 6.56. The van der Waals surface area contributed by atoms with Crippen LogP contribution in [-0.2, 0) is 0 Å². The number of hydrogen-bond acceptors (Lipinski definition) is 5. The van der Waals surface area contributed by atoms with E-state index >= 15 is 0 Å². The third-order valence-electron chi connectivity index (χ3n) is 5.85. The third kappa shape index (κ3) is 4.01. The SMILES string of the molecule is CC1=C(c2nc(-c3cccs3)no2)C(c2ccc(C)c(C)c2)NC(=S)N1c1cc(F)cc(F)c1. The molecule has 3 heterocycles. The van der Waals surface area contributed by atoms with Crippen molar-refractivity contribution in [3.8, 4) is 10.7 Å². The maximum absolute atomic E-state index is 14.1. The Bertz CT molecular complexity index is 1410. The largest absolute Gasteiger partial charge is 0.351 e. The van der Waals surface area contributed by atoms with Crippen LogP contribution in [0.5, 0.6) is 0 Å². The Hall–Kier alpha value is -3.43. The highest BCUT2D eigenvalue weighted by atomic mass is 32.1. The summed E-state index contributed by atoms with van der Waals surface area (Å²) in [7, 11) is 0. The zero-order valence-electron chi connectivity index (χ0n) is 18.6. The van der Waals surface area contributed by atoms with Crippen LogP contribution in [0.3, 0.4) is 0 Å². The summed E-state index contributed by atoms with van der Waals surface area (Å²) >= 11 is 7.16. The Morgan fingerprint density at radius 3 is 2.47 bits per heavy atom. The Morgan fingerprint density at radius 2 is 1.79 bits per heavy atom. The lowest BCUT2D eigenvalue weighted by Crippen LogP contribution is -2.46. The van der Waals surface area contributed by atoms with Crippen molar-refractivity contribution in [2.45, 2.75) is 26.8 Å². The van der Waals surface area contributed by atoms with Gasteiger partial charge in [-0.1, -0.05) is 29.4 Å². The van der Waals surface area contributed by atoms with Gasteiger partial charge in [0.15, 0.2) is 5.11 Å². The van der Waals surface area contributed by atoms with Crippen LogP contribution >= 0.6 is 23.6 Å². The van der Waals surface area contributed by atoms with E-state index in [1.54, 1.807) is 4.90 Å². The van der Waals surface area contributed by atoms with Gasteiger partial charge in [0.2, 0.25) is 5.82 Å². The summed E-state index contributed by atoms with van der Waals surface area (Å²) < 4.78 is 33.8. The molecule has 0 saturated heterocycles. The Kier molecular flexibility index (Phi) is 5.75. The van der Waals surface area contributed by atoms with Gasteiger partial charge in [-0.15, -0.1) is 11.3 Å². The van der Waals surface area contributed by atoms with Crippen molar-refractivity contribution in [3.05, 3.63) is 93.8 Å². The average molecular weight is 495 g/mol. The number of allylic oxidation sites excluding steroid dienone is 1. The van der Waals surface area contributed by atoms with Gasteiger partial charge in [-0.3, -0.25) is 4.90 Å².